The molecule has 1 saturated heterocycles. The topological polar surface area (TPSA) is 57.6 Å². The van der Waals surface area contributed by atoms with Crippen molar-refractivity contribution < 1.29 is 14.7 Å². The fourth-order valence-corrected chi connectivity index (χ4v) is 3.00. The average Bonchev–Trinajstić information content (AvgIpc) is 2.74. The van der Waals surface area contributed by atoms with Crippen LogP contribution in [0.3, 0.4) is 0 Å². The Bertz CT molecular complexity index is 526. The van der Waals surface area contributed by atoms with Gasteiger partial charge in [0, 0.05) is 0 Å². The Morgan fingerprint density at radius 3 is 2.15 bits per heavy atom. The first-order chi connectivity index (χ1) is 9.68. The summed E-state index contributed by atoms with van der Waals surface area (Å²) in [4.78, 5) is 25.8. The molecule has 0 aromatic heterocycles. The second-order valence-electron chi connectivity index (χ2n) is 5.37. The van der Waals surface area contributed by atoms with Crippen LogP contribution in [0.15, 0.2) is 42.5 Å². The third-order valence-corrected chi connectivity index (χ3v) is 4.14. The lowest BCUT2D eigenvalue weighted by molar-refractivity contribution is -0.141. The van der Waals surface area contributed by atoms with Crippen molar-refractivity contribution in [2.24, 2.45) is 11.8 Å². The van der Waals surface area contributed by atoms with E-state index < -0.39 is 6.10 Å². The summed E-state index contributed by atoms with van der Waals surface area (Å²) < 4.78 is 0. The van der Waals surface area contributed by atoms with Crippen molar-refractivity contribution in [3.63, 3.8) is 0 Å². The second kappa shape index (κ2) is 5.21. The fourth-order valence-electron chi connectivity index (χ4n) is 3.00. The molecule has 1 aromatic rings. The number of hydrogen-bond acceptors (Lipinski definition) is 3. The number of aliphatic hydroxyl groups is 1. The monoisotopic (exact) mass is 271 g/mol. The van der Waals surface area contributed by atoms with Gasteiger partial charge in [-0.1, -0.05) is 42.5 Å². The minimum absolute atomic E-state index is 0.0503. The SMILES string of the molecule is O=C1[C@H]2CC=CC[C@H]2C(=O)N1CC(O)c1ccccc1. The zero-order chi connectivity index (χ0) is 14.1. The van der Waals surface area contributed by atoms with Crippen LogP contribution in [0.4, 0.5) is 0 Å². The number of β-amino-alcohol motifs (C(OH)–C–C–N with tert-alkyl or cyclic N) is 1. The molecule has 4 nitrogen and oxygen atoms in total. The standard InChI is InChI=1S/C16H17NO3/c18-14(11-6-2-1-3-7-11)10-17-15(19)12-8-4-5-9-13(12)16(17)20/h1-7,12-14,18H,8-10H2/t12-,13+,14?. The molecule has 1 fully saturated rings. The molecule has 0 spiro atoms. The van der Waals surface area contributed by atoms with Crippen molar-refractivity contribution in [1.82, 2.24) is 4.90 Å². The maximum absolute atomic E-state index is 12.3. The maximum atomic E-state index is 12.3. The highest BCUT2D eigenvalue weighted by atomic mass is 16.3. The van der Waals surface area contributed by atoms with Crippen LogP contribution in [0.5, 0.6) is 0 Å². The van der Waals surface area contributed by atoms with Gasteiger partial charge in [-0.15, -0.1) is 0 Å². The Kier molecular flexibility index (Phi) is 3.40. The van der Waals surface area contributed by atoms with Gasteiger partial charge in [0.15, 0.2) is 0 Å². The van der Waals surface area contributed by atoms with E-state index in [0.29, 0.717) is 12.8 Å². The van der Waals surface area contributed by atoms with E-state index in [2.05, 4.69) is 0 Å². The van der Waals surface area contributed by atoms with Crippen LogP contribution in [0, 0.1) is 11.8 Å². The summed E-state index contributed by atoms with van der Waals surface area (Å²) in [5, 5.41) is 10.2. The van der Waals surface area contributed by atoms with Crippen LogP contribution in [0.1, 0.15) is 24.5 Å². The number of nitrogens with zero attached hydrogens (tertiary/aromatic N) is 1. The summed E-state index contributed by atoms with van der Waals surface area (Å²) in [6, 6.07) is 9.11. The van der Waals surface area contributed by atoms with Crippen molar-refractivity contribution in [2.75, 3.05) is 6.54 Å². The predicted octanol–water partition coefficient (Wildman–Crippen LogP) is 1.67. The van der Waals surface area contributed by atoms with Gasteiger partial charge >= 0.3 is 0 Å². The number of allylic oxidation sites excluding steroid dienone is 2. The van der Waals surface area contributed by atoms with E-state index in [4.69, 9.17) is 0 Å². The van der Waals surface area contributed by atoms with E-state index in [0.717, 1.165) is 5.56 Å². The summed E-state index contributed by atoms with van der Waals surface area (Å²) >= 11 is 0. The lowest BCUT2D eigenvalue weighted by Crippen LogP contribution is -2.35. The number of likely N-dealkylation sites (tertiary alicyclic amines) is 1. The lowest BCUT2D eigenvalue weighted by Gasteiger charge is -2.19. The van der Waals surface area contributed by atoms with Gasteiger partial charge in [-0.2, -0.15) is 0 Å². The number of fused-ring (bicyclic) bond motifs is 1. The fraction of sp³-hybridized carbons (Fsp3) is 0.375. The summed E-state index contributed by atoms with van der Waals surface area (Å²) in [5.74, 6) is -0.732. The number of imide groups is 1. The summed E-state index contributed by atoms with van der Waals surface area (Å²) in [6.07, 6.45) is 4.37. The van der Waals surface area contributed by atoms with Gasteiger partial charge in [0.1, 0.15) is 0 Å². The average molecular weight is 271 g/mol. The molecule has 3 rings (SSSR count). The van der Waals surface area contributed by atoms with Crippen molar-refractivity contribution in [2.45, 2.75) is 18.9 Å². The molecule has 1 aromatic carbocycles. The molecule has 20 heavy (non-hydrogen) atoms. The van der Waals surface area contributed by atoms with Crippen LogP contribution in [-0.2, 0) is 9.59 Å². The van der Waals surface area contributed by atoms with Gasteiger partial charge in [0.2, 0.25) is 11.8 Å². The molecule has 4 heteroatoms. The molecule has 2 amide bonds. The van der Waals surface area contributed by atoms with Gasteiger partial charge in [-0.25, -0.2) is 0 Å². The molecule has 0 saturated carbocycles. The van der Waals surface area contributed by atoms with E-state index in [1.165, 1.54) is 4.90 Å². The van der Waals surface area contributed by atoms with Crippen molar-refractivity contribution in [1.29, 1.82) is 0 Å². The van der Waals surface area contributed by atoms with E-state index in [1.54, 1.807) is 12.1 Å². The summed E-state index contributed by atoms with van der Waals surface area (Å²) in [6.45, 7) is 0.0503. The first-order valence-electron chi connectivity index (χ1n) is 6.91. The van der Waals surface area contributed by atoms with E-state index in [1.807, 2.05) is 30.4 Å². The number of benzene rings is 1. The smallest absolute Gasteiger partial charge is 0.233 e. The molecule has 1 heterocycles. The molecule has 0 bridgehead atoms. The second-order valence-corrected chi connectivity index (χ2v) is 5.37. The number of aliphatic hydroxyl groups excluding tert-OH is 1. The number of carbonyl (C=O) groups is 2. The predicted molar refractivity (Wildman–Crippen MR) is 73.5 cm³/mol. The molecule has 104 valence electrons. The lowest BCUT2D eigenvalue weighted by atomic mass is 9.85. The highest BCUT2D eigenvalue weighted by Crippen LogP contribution is 2.35. The molecule has 1 aliphatic heterocycles. The van der Waals surface area contributed by atoms with Crippen molar-refractivity contribution in [3.8, 4) is 0 Å². The van der Waals surface area contributed by atoms with E-state index in [-0.39, 0.29) is 30.2 Å². The molecule has 2 aliphatic rings. The zero-order valence-electron chi connectivity index (χ0n) is 11.1. The van der Waals surface area contributed by atoms with Gasteiger partial charge in [-0.05, 0) is 18.4 Å². The van der Waals surface area contributed by atoms with Crippen LogP contribution < -0.4 is 0 Å². The highest BCUT2D eigenvalue weighted by Gasteiger charge is 2.47. The minimum Gasteiger partial charge on any atom is -0.387 e. The molecule has 0 radical (unpaired) electrons. The summed E-state index contributed by atoms with van der Waals surface area (Å²) in [7, 11) is 0. The largest absolute Gasteiger partial charge is 0.387 e. The van der Waals surface area contributed by atoms with E-state index >= 15 is 0 Å². The van der Waals surface area contributed by atoms with Gasteiger partial charge < -0.3 is 5.11 Å². The molecular formula is C16H17NO3. The molecule has 1 N–H and O–H groups in total. The van der Waals surface area contributed by atoms with Crippen LogP contribution in [0.25, 0.3) is 0 Å². The Labute approximate surface area is 117 Å². The van der Waals surface area contributed by atoms with Crippen molar-refractivity contribution >= 4 is 11.8 Å². The first kappa shape index (κ1) is 13.1. The number of hydrogen-bond donors (Lipinski definition) is 1. The van der Waals surface area contributed by atoms with E-state index in [9.17, 15) is 14.7 Å². The molecular weight excluding hydrogens is 254 g/mol. The van der Waals surface area contributed by atoms with Gasteiger partial charge in [0.25, 0.3) is 0 Å². The Morgan fingerprint density at radius 1 is 1.05 bits per heavy atom. The van der Waals surface area contributed by atoms with Crippen LogP contribution >= 0.6 is 0 Å². The highest BCUT2D eigenvalue weighted by molar-refractivity contribution is 6.05. The first-order valence-corrected chi connectivity index (χ1v) is 6.91. The molecule has 1 unspecified atom stereocenters. The Hall–Kier alpha value is -1.94. The molecule has 1 aliphatic carbocycles. The maximum Gasteiger partial charge on any atom is 0.233 e. The van der Waals surface area contributed by atoms with Crippen molar-refractivity contribution in [3.05, 3.63) is 48.0 Å². The summed E-state index contributed by atoms with van der Waals surface area (Å²) in [5.41, 5.74) is 0.723. The van der Waals surface area contributed by atoms with Crippen LogP contribution in [0.2, 0.25) is 0 Å². The van der Waals surface area contributed by atoms with Crippen LogP contribution in [-0.4, -0.2) is 28.4 Å². The number of carbonyl (C=O) groups excluding carboxylic acids is 2. The quantitative estimate of drug-likeness (QED) is 0.672. The Morgan fingerprint density at radius 2 is 1.60 bits per heavy atom. The third kappa shape index (κ3) is 2.16. The third-order valence-electron chi connectivity index (χ3n) is 4.14. The minimum atomic E-state index is -0.822. The number of amides is 2. The Balaban J connectivity index is 1.75. The van der Waals surface area contributed by atoms with Gasteiger partial charge in [0.05, 0.1) is 24.5 Å². The normalized spacial score (nSPS) is 26.8. The zero-order valence-corrected chi connectivity index (χ0v) is 11.1. The van der Waals surface area contributed by atoms with Gasteiger partial charge in [-0.3, -0.25) is 14.5 Å². The molecule has 3 atom stereocenters. The number of rotatable bonds is 3.